The Labute approximate surface area is 198 Å². The largest absolute Gasteiger partial charge is 0.469 e. The maximum absolute atomic E-state index is 5.40. The fraction of sp³-hybridized carbons (Fsp3) is 0.429. The number of furan rings is 1. The van der Waals surface area contributed by atoms with E-state index in [1.54, 1.807) is 28.9 Å². The average molecular weight is 545 g/mol. The molecule has 0 aliphatic rings. The van der Waals surface area contributed by atoms with Crippen LogP contribution in [-0.4, -0.2) is 24.0 Å². The van der Waals surface area contributed by atoms with Crippen molar-refractivity contribution in [1.29, 1.82) is 0 Å². The van der Waals surface area contributed by atoms with E-state index in [4.69, 9.17) is 14.4 Å². The summed E-state index contributed by atoms with van der Waals surface area (Å²) >= 11 is 3.47. The summed E-state index contributed by atoms with van der Waals surface area (Å²) < 4.78 is 5.40. The molecule has 0 aromatic carbocycles. The van der Waals surface area contributed by atoms with Crippen molar-refractivity contribution in [2.75, 3.05) is 13.1 Å². The summed E-state index contributed by atoms with van der Waals surface area (Å²) in [7, 11) is 0. The smallest absolute Gasteiger partial charge is 0.191 e. The van der Waals surface area contributed by atoms with E-state index in [-0.39, 0.29) is 29.4 Å². The molecule has 3 heterocycles. The van der Waals surface area contributed by atoms with Gasteiger partial charge in [0.25, 0.3) is 0 Å². The number of hydrogen-bond acceptors (Lipinski definition) is 5. The van der Waals surface area contributed by atoms with Gasteiger partial charge in [-0.2, -0.15) is 0 Å². The molecule has 3 aromatic heterocycles. The van der Waals surface area contributed by atoms with Gasteiger partial charge in [0, 0.05) is 41.6 Å². The number of nitrogens with one attached hydrogen (secondary N) is 2. The number of hydrogen-bond donors (Lipinski definition) is 2. The van der Waals surface area contributed by atoms with Crippen molar-refractivity contribution in [3.8, 4) is 0 Å². The summed E-state index contributed by atoms with van der Waals surface area (Å²) in [4.78, 5) is 10.7. The summed E-state index contributed by atoms with van der Waals surface area (Å²) in [5.74, 6) is 1.80. The maximum atomic E-state index is 5.40. The van der Waals surface area contributed by atoms with Crippen molar-refractivity contribution < 1.29 is 4.42 Å². The van der Waals surface area contributed by atoms with Gasteiger partial charge in [-0.3, -0.25) is 0 Å². The highest BCUT2D eigenvalue weighted by molar-refractivity contribution is 14.0. The monoisotopic (exact) mass is 544 g/mol. The molecule has 0 spiro atoms. The zero-order chi connectivity index (χ0) is 19.8. The Kier molecular flexibility index (Phi) is 9.64. The van der Waals surface area contributed by atoms with Crippen LogP contribution in [0.2, 0.25) is 0 Å². The molecule has 0 fully saturated rings. The van der Waals surface area contributed by atoms with Crippen molar-refractivity contribution >= 4 is 52.6 Å². The van der Waals surface area contributed by atoms with Crippen molar-refractivity contribution in [2.24, 2.45) is 4.99 Å². The quantitative estimate of drug-likeness (QED) is 0.232. The van der Waals surface area contributed by atoms with Crippen molar-refractivity contribution in [2.45, 2.75) is 45.6 Å². The van der Waals surface area contributed by atoms with E-state index in [0.717, 1.165) is 43.3 Å². The Morgan fingerprint density at radius 1 is 1.10 bits per heavy atom. The zero-order valence-electron chi connectivity index (χ0n) is 17.1. The van der Waals surface area contributed by atoms with Crippen LogP contribution in [0.5, 0.6) is 0 Å². The standard InChI is InChI=1S/C21H28N4OS2.HI/c1-21(2,3)19-25-16(15-28-19)8-10-22-20(24-14-18-7-5-13-27-18)23-11-9-17-6-4-12-26-17;/h4-7,12-13,15H,8-11,14H2,1-3H3,(H2,22,23,24);1H. The molecule has 29 heavy (non-hydrogen) atoms. The molecule has 0 radical (unpaired) electrons. The van der Waals surface area contributed by atoms with Crippen LogP contribution in [0.4, 0.5) is 0 Å². The Morgan fingerprint density at radius 2 is 1.90 bits per heavy atom. The van der Waals surface area contributed by atoms with Crippen LogP contribution in [-0.2, 0) is 24.8 Å². The van der Waals surface area contributed by atoms with Crippen LogP contribution < -0.4 is 10.6 Å². The van der Waals surface area contributed by atoms with Crippen LogP contribution >= 0.6 is 46.7 Å². The van der Waals surface area contributed by atoms with Gasteiger partial charge in [0.15, 0.2) is 5.96 Å². The van der Waals surface area contributed by atoms with Gasteiger partial charge in [0.05, 0.1) is 23.5 Å². The fourth-order valence-electron chi connectivity index (χ4n) is 2.57. The topological polar surface area (TPSA) is 62.5 Å². The summed E-state index contributed by atoms with van der Waals surface area (Å²) in [6.45, 7) is 8.85. The predicted octanol–water partition coefficient (Wildman–Crippen LogP) is 5.23. The minimum atomic E-state index is 0. The highest BCUT2D eigenvalue weighted by Crippen LogP contribution is 2.25. The van der Waals surface area contributed by atoms with E-state index in [1.165, 1.54) is 9.88 Å². The fourth-order valence-corrected chi connectivity index (χ4v) is 4.14. The molecule has 0 aliphatic carbocycles. The van der Waals surface area contributed by atoms with Crippen molar-refractivity contribution in [1.82, 2.24) is 15.6 Å². The van der Waals surface area contributed by atoms with Gasteiger partial charge >= 0.3 is 0 Å². The van der Waals surface area contributed by atoms with Crippen LogP contribution in [0.1, 0.15) is 42.1 Å². The van der Waals surface area contributed by atoms with E-state index < -0.39 is 0 Å². The third-order valence-corrected chi connectivity index (χ3v) is 6.26. The van der Waals surface area contributed by atoms with E-state index in [2.05, 4.69) is 54.3 Å². The molecule has 0 aliphatic heterocycles. The van der Waals surface area contributed by atoms with Crippen LogP contribution in [0.25, 0.3) is 0 Å². The van der Waals surface area contributed by atoms with Gasteiger partial charge in [0.2, 0.25) is 0 Å². The third kappa shape index (κ3) is 8.10. The summed E-state index contributed by atoms with van der Waals surface area (Å²) in [6.07, 6.45) is 3.41. The van der Waals surface area contributed by atoms with E-state index >= 15 is 0 Å². The molecule has 0 atom stereocenters. The van der Waals surface area contributed by atoms with Gasteiger partial charge in [-0.25, -0.2) is 9.98 Å². The normalized spacial score (nSPS) is 11.9. The summed E-state index contributed by atoms with van der Waals surface area (Å²) in [6, 6.07) is 8.08. The lowest BCUT2D eigenvalue weighted by molar-refractivity contribution is 0.506. The number of aromatic nitrogens is 1. The molecule has 2 N–H and O–H groups in total. The van der Waals surface area contributed by atoms with Gasteiger partial charge < -0.3 is 15.1 Å². The molecule has 0 saturated heterocycles. The zero-order valence-corrected chi connectivity index (χ0v) is 21.1. The number of guanidine groups is 1. The van der Waals surface area contributed by atoms with E-state index in [9.17, 15) is 0 Å². The van der Waals surface area contributed by atoms with Crippen molar-refractivity contribution in [3.05, 3.63) is 62.6 Å². The van der Waals surface area contributed by atoms with E-state index in [0.29, 0.717) is 6.54 Å². The second-order valence-electron chi connectivity index (χ2n) is 7.57. The molecular weight excluding hydrogens is 515 g/mol. The lowest BCUT2D eigenvalue weighted by atomic mass is 9.98. The molecule has 0 amide bonds. The first-order chi connectivity index (χ1) is 13.5. The number of aliphatic imine (C=N–C) groups is 1. The first-order valence-corrected chi connectivity index (χ1v) is 11.3. The maximum Gasteiger partial charge on any atom is 0.191 e. The van der Waals surface area contributed by atoms with Crippen LogP contribution in [0.3, 0.4) is 0 Å². The molecule has 0 saturated carbocycles. The summed E-state index contributed by atoms with van der Waals surface area (Å²) in [5.41, 5.74) is 1.24. The average Bonchev–Trinajstić information content (AvgIpc) is 3.40. The first-order valence-electron chi connectivity index (χ1n) is 9.52. The lowest BCUT2D eigenvalue weighted by Crippen LogP contribution is -2.39. The molecule has 8 heteroatoms. The second kappa shape index (κ2) is 11.7. The van der Waals surface area contributed by atoms with Gasteiger partial charge in [-0.05, 0) is 23.6 Å². The minimum absolute atomic E-state index is 0. The molecule has 158 valence electrons. The molecule has 0 unspecified atom stereocenters. The molecular formula is C21H29IN4OS2. The SMILES string of the molecule is CC(C)(C)c1nc(CCNC(=NCc2cccs2)NCCc2ccco2)cs1.I. The minimum Gasteiger partial charge on any atom is -0.469 e. The van der Waals surface area contributed by atoms with Crippen LogP contribution in [0, 0.1) is 0 Å². The van der Waals surface area contributed by atoms with E-state index in [1.807, 2.05) is 12.1 Å². The highest BCUT2D eigenvalue weighted by Gasteiger charge is 2.17. The van der Waals surface area contributed by atoms with Crippen LogP contribution in [0.15, 0.2) is 50.7 Å². The number of thiazole rings is 1. The molecule has 3 aromatic rings. The molecule has 5 nitrogen and oxygen atoms in total. The van der Waals surface area contributed by atoms with Gasteiger partial charge in [-0.1, -0.05) is 26.8 Å². The molecule has 3 rings (SSSR count). The lowest BCUT2D eigenvalue weighted by Gasteiger charge is -2.14. The number of rotatable bonds is 8. The Bertz CT molecular complexity index is 852. The Hall–Kier alpha value is -1.39. The van der Waals surface area contributed by atoms with Crippen molar-refractivity contribution in [3.63, 3.8) is 0 Å². The first kappa shape index (κ1) is 23.9. The highest BCUT2D eigenvalue weighted by atomic mass is 127. The number of thiophene rings is 1. The second-order valence-corrected chi connectivity index (χ2v) is 9.46. The predicted molar refractivity (Wildman–Crippen MR) is 134 cm³/mol. The number of nitrogens with zero attached hydrogens (tertiary/aromatic N) is 2. The number of halogens is 1. The van der Waals surface area contributed by atoms with Gasteiger partial charge in [-0.15, -0.1) is 46.7 Å². The Balaban J connectivity index is 0.00000300. The Morgan fingerprint density at radius 3 is 2.52 bits per heavy atom. The van der Waals surface area contributed by atoms with Gasteiger partial charge in [0.1, 0.15) is 5.76 Å². The third-order valence-electron chi connectivity index (χ3n) is 4.08. The summed E-state index contributed by atoms with van der Waals surface area (Å²) in [5, 5.41) is 12.3. The molecule has 0 bridgehead atoms.